The van der Waals surface area contributed by atoms with E-state index in [0.717, 1.165) is 31.1 Å². The van der Waals surface area contributed by atoms with Crippen molar-refractivity contribution < 1.29 is 4.74 Å². The molecule has 2 N–H and O–H groups in total. The molecule has 18 heavy (non-hydrogen) atoms. The Hall–Kier alpha value is -0.610. The molecule has 1 aromatic rings. The molecule has 1 aromatic carbocycles. The van der Waals surface area contributed by atoms with Crippen molar-refractivity contribution >= 4 is 11.6 Å². The normalized spacial score (nSPS) is 22.9. The van der Waals surface area contributed by atoms with E-state index in [1.54, 1.807) is 0 Å². The van der Waals surface area contributed by atoms with Gasteiger partial charge in [0.25, 0.3) is 0 Å². The highest BCUT2D eigenvalue weighted by Crippen LogP contribution is 2.24. The average Bonchev–Trinajstić information content (AvgIpc) is 2.42. The van der Waals surface area contributed by atoms with Gasteiger partial charge in [0.1, 0.15) is 0 Å². The van der Waals surface area contributed by atoms with Gasteiger partial charge in [0, 0.05) is 30.7 Å². The Labute approximate surface area is 114 Å². The lowest BCUT2D eigenvalue weighted by Gasteiger charge is -2.37. The molecular weight excluding hydrogens is 248 g/mol. The van der Waals surface area contributed by atoms with Crippen LogP contribution in [0.4, 0.5) is 0 Å². The summed E-state index contributed by atoms with van der Waals surface area (Å²) in [6.07, 6.45) is 1.38. The smallest absolute Gasteiger partial charge is 0.0700 e. The minimum absolute atomic E-state index is 0.264. The second-order valence-corrected chi connectivity index (χ2v) is 5.14. The minimum Gasteiger partial charge on any atom is -0.376 e. The maximum atomic E-state index is 5.95. The van der Waals surface area contributed by atoms with Crippen LogP contribution < -0.4 is 5.73 Å². The van der Waals surface area contributed by atoms with Gasteiger partial charge in [-0.25, -0.2) is 0 Å². The highest BCUT2D eigenvalue weighted by molar-refractivity contribution is 6.30. The summed E-state index contributed by atoms with van der Waals surface area (Å²) in [6.45, 7) is 5.48. The van der Waals surface area contributed by atoms with Gasteiger partial charge in [0.15, 0.2) is 0 Å². The molecule has 1 saturated heterocycles. The predicted molar refractivity (Wildman–Crippen MR) is 74.9 cm³/mol. The molecule has 100 valence electrons. The number of hydrogen-bond donors (Lipinski definition) is 1. The van der Waals surface area contributed by atoms with E-state index in [9.17, 15) is 0 Å². The third kappa shape index (κ3) is 3.23. The van der Waals surface area contributed by atoms with Crippen molar-refractivity contribution in [2.75, 3.05) is 26.2 Å². The number of halogens is 1. The maximum Gasteiger partial charge on any atom is 0.0700 e. The molecule has 2 unspecified atom stereocenters. The van der Waals surface area contributed by atoms with E-state index in [-0.39, 0.29) is 6.04 Å². The van der Waals surface area contributed by atoms with Gasteiger partial charge in [0.2, 0.25) is 0 Å². The fourth-order valence-electron chi connectivity index (χ4n) is 2.45. The lowest BCUT2D eigenvalue weighted by molar-refractivity contribution is -0.0437. The van der Waals surface area contributed by atoms with E-state index in [1.807, 2.05) is 12.1 Å². The molecule has 0 saturated carbocycles. The van der Waals surface area contributed by atoms with Crippen molar-refractivity contribution in [3.05, 3.63) is 34.9 Å². The van der Waals surface area contributed by atoms with E-state index < -0.39 is 0 Å². The molecule has 0 spiro atoms. The zero-order valence-corrected chi connectivity index (χ0v) is 11.6. The number of hydrogen-bond acceptors (Lipinski definition) is 3. The Morgan fingerprint density at radius 1 is 1.44 bits per heavy atom. The van der Waals surface area contributed by atoms with Gasteiger partial charge in [-0.2, -0.15) is 0 Å². The molecular formula is C14H21ClN2O. The number of ether oxygens (including phenoxy) is 1. The van der Waals surface area contributed by atoms with Crippen LogP contribution >= 0.6 is 11.6 Å². The zero-order chi connectivity index (χ0) is 13.0. The molecule has 2 atom stereocenters. The van der Waals surface area contributed by atoms with Gasteiger partial charge in [-0.05, 0) is 24.1 Å². The van der Waals surface area contributed by atoms with Crippen LogP contribution in [0, 0.1) is 0 Å². The van der Waals surface area contributed by atoms with Crippen LogP contribution in [0.2, 0.25) is 5.02 Å². The first-order valence-corrected chi connectivity index (χ1v) is 6.93. The van der Waals surface area contributed by atoms with Crippen LogP contribution in [0.5, 0.6) is 0 Å². The molecule has 0 aliphatic carbocycles. The Balaban J connectivity index is 2.10. The van der Waals surface area contributed by atoms with Gasteiger partial charge >= 0.3 is 0 Å². The first-order valence-electron chi connectivity index (χ1n) is 6.55. The largest absolute Gasteiger partial charge is 0.376 e. The van der Waals surface area contributed by atoms with Crippen LogP contribution in [0.3, 0.4) is 0 Å². The number of morpholine rings is 1. The molecule has 0 amide bonds. The number of nitrogens with zero attached hydrogens (tertiary/aromatic N) is 1. The fraction of sp³-hybridized carbons (Fsp3) is 0.571. The average molecular weight is 269 g/mol. The molecule has 1 heterocycles. The second kappa shape index (κ2) is 6.53. The summed E-state index contributed by atoms with van der Waals surface area (Å²) in [5, 5.41) is 0.767. The van der Waals surface area contributed by atoms with Crippen molar-refractivity contribution in [2.45, 2.75) is 25.5 Å². The molecule has 3 nitrogen and oxygen atoms in total. The Kier molecular flexibility index (Phi) is 5.01. The maximum absolute atomic E-state index is 5.95. The number of rotatable bonds is 4. The van der Waals surface area contributed by atoms with Crippen LogP contribution in [-0.2, 0) is 4.74 Å². The van der Waals surface area contributed by atoms with Crippen molar-refractivity contribution in [2.24, 2.45) is 5.73 Å². The topological polar surface area (TPSA) is 38.5 Å². The van der Waals surface area contributed by atoms with E-state index in [4.69, 9.17) is 22.1 Å². The van der Waals surface area contributed by atoms with Gasteiger partial charge in [-0.3, -0.25) is 4.90 Å². The van der Waals surface area contributed by atoms with Gasteiger partial charge < -0.3 is 10.5 Å². The van der Waals surface area contributed by atoms with E-state index >= 15 is 0 Å². The summed E-state index contributed by atoms with van der Waals surface area (Å²) in [5.41, 5.74) is 7.18. The standard InChI is InChI=1S/C14H21ClN2O/c1-2-13-10-17(7-8-18-13)14(9-16)11-3-5-12(15)6-4-11/h3-6,13-14H,2,7-10,16H2,1H3. The number of nitrogens with two attached hydrogens (primary N) is 1. The molecule has 0 radical (unpaired) electrons. The molecule has 2 rings (SSSR count). The SMILES string of the molecule is CCC1CN(C(CN)c2ccc(Cl)cc2)CCO1. The highest BCUT2D eigenvalue weighted by atomic mass is 35.5. The van der Waals surface area contributed by atoms with Crippen LogP contribution in [-0.4, -0.2) is 37.2 Å². The monoisotopic (exact) mass is 268 g/mol. The highest BCUT2D eigenvalue weighted by Gasteiger charge is 2.25. The van der Waals surface area contributed by atoms with Gasteiger partial charge in [-0.15, -0.1) is 0 Å². The van der Waals surface area contributed by atoms with Crippen LogP contribution in [0.1, 0.15) is 24.9 Å². The van der Waals surface area contributed by atoms with E-state index in [0.29, 0.717) is 12.6 Å². The first-order chi connectivity index (χ1) is 8.74. The second-order valence-electron chi connectivity index (χ2n) is 4.70. The molecule has 1 aliphatic heterocycles. The van der Waals surface area contributed by atoms with E-state index in [2.05, 4.69) is 24.0 Å². The lowest BCUT2D eigenvalue weighted by atomic mass is 10.0. The van der Waals surface area contributed by atoms with Crippen LogP contribution in [0.25, 0.3) is 0 Å². The van der Waals surface area contributed by atoms with Gasteiger partial charge in [-0.1, -0.05) is 30.7 Å². The number of benzene rings is 1. The molecule has 1 fully saturated rings. The Morgan fingerprint density at radius 2 is 2.17 bits per heavy atom. The third-order valence-corrected chi connectivity index (χ3v) is 3.80. The summed E-state index contributed by atoms with van der Waals surface area (Å²) >= 11 is 5.93. The van der Waals surface area contributed by atoms with Crippen molar-refractivity contribution in [3.8, 4) is 0 Å². The molecule has 0 bridgehead atoms. The minimum atomic E-state index is 0.264. The van der Waals surface area contributed by atoms with Crippen molar-refractivity contribution in [3.63, 3.8) is 0 Å². The van der Waals surface area contributed by atoms with E-state index in [1.165, 1.54) is 5.56 Å². The Bertz CT molecular complexity index is 369. The van der Waals surface area contributed by atoms with Crippen molar-refractivity contribution in [1.82, 2.24) is 4.90 Å². The molecule has 4 heteroatoms. The van der Waals surface area contributed by atoms with Crippen molar-refractivity contribution in [1.29, 1.82) is 0 Å². The quantitative estimate of drug-likeness (QED) is 0.912. The first kappa shape index (κ1) is 13.8. The van der Waals surface area contributed by atoms with Gasteiger partial charge in [0.05, 0.1) is 12.7 Å². The summed E-state index contributed by atoms with van der Waals surface area (Å²) < 4.78 is 5.70. The zero-order valence-electron chi connectivity index (χ0n) is 10.8. The summed E-state index contributed by atoms with van der Waals surface area (Å²) in [6, 6.07) is 8.25. The Morgan fingerprint density at radius 3 is 2.78 bits per heavy atom. The summed E-state index contributed by atoms with van der Waals surface area (Å²) in [5.74, 6) is 0. The summed E-state index contributed by atoms with van der Waals surface area (Å²) in [4.78, 5) is 2.42. The summed E-state index contributed by atoms with van der Waals surface area (Å²) in [7, 11) is 0. The predicted octanol–water partition coefficient (Wildman–Crippen LogP) is 2.45. The third-order valence-electron chi connectivity index (χ3n) is 3.54. The lowest BCUT2D eigenvalue weighted by Crippen LogP contribution is -2.45. The van der Waals surface area contributed by atoms with Crippen LogP contribution in [0.15, 0.2) is 24.3 Å². The molecule has 1 aliphatic rings. The molecule has 0 aromatic heterocycles. The fourth-order valence-corrected chi connectivity index (χ4v) is 2.58.